The van der Waals surface area contributed by atoms with Crippen LogP contribution in [0.1, 0.15) is 43.1 Å². The van der Waals surface area contributed by atoms with E-state index in [2.05, 4.69) is 25.9 Å². The van der Waals surface area contributed by atoms with E-state index in [0.29, 0.717) is 22.8 Å². The number of ether oxygens (including phenoxy) is 1. The van der Waals surface area contributed by atoms with Gasteiger partial charge < -0.3 is 9.72 Å². The van der Waals surface area contributed by atoms with Crippen LogP contribution in [0, 0.1) is 4.64 Å². The summed E-state index contributed by atoms with van der Waals surface area (Å²) < 4.78 is 30.2. The van der Waals surface area contributed by atoms with Gasteiger partial charge in [-0.3, -0.25) is 0 Å². The second-order valence-corrected chi connectivity index (χ2v) is 6.09. The minimum atomic E-state index is -2.43. The fourth-order valence-corrected chi connectivity index (χ4v) is 3.21. The maximum atomic E-state index is 12.0. The minimum Gasteiger partial charge on any atom is -0.375 e. The number of H-pyrrole nitrogens is 1. The summed E-state index contributed by atoms with van der Waals surface area (Å²) in [5.74, 6) is 1.18. The van der Waals surface area contributed by atoms with Crippen molar-refractivity contribution < 1.29 is 13.5 Å². The number of aromatic nitrogens is 2. The summed E-state index contributed by atoms with van der Waals surface area (Å²) in [5, 5.41) is 0. The lowest BCUT2D eigenvalue weighted by Crippen LogP contribution is -2.10. The van der Waals surface area contributed by atoms with E-state index < -0.39 is 13.0 Å². The first-order chi connectivity index (χ1) is 9.58. The highest BCUT2D eigenvalue weighted by Gasteiger charge is 2.21. The molecule has 1 saturated carbocycles. The zero-order chi connectivity index (χ0) is 14.5. The maximum absolute atomic E-state index is 12.0. The fraction of sp³-hybridized carbons (Fsp3) is 0.692. The highest BCUT2D eigenvalue weighted by atomic mass is 79.9. The molecule has 0 amide bonds. The number of hydrogen-bond acceptors (Lipinski definition) is 3. The number of hydrogen-bond donors (Lipinski definition) is 1. The molecule has 2 rings (SSSR count). The van der Waals surface area contributed by atoms with E-state index in [0.717, 1.165) is 23.0 Å². The molecule has 112 valence electrons. The molecule has 0 bridgehead atoms. The van der Waals surface area contributed by atoms with Crippen LogP contribution in [0.15, 0.2) is 4.47 Å². The maximum Gasteiger partial charge on any atom is 0.261 e. The zero-order valence-corrected chi connectivity index (χ0v) is 13.4. The highest BCUT2D eigenvalue weighted by molar-refractivity contribution is 9.10. The Balaban J connectivity index is 2.04. The molecule has 0 aliphatic heterocycles. The topological polar surface area (TPSA) is 37.9 Å². The zero-order valence-electron chi connectivity index (χ0n) is 11.0. The summed E-state index contributed by atoms with van der Waals surface area (Å²) in [6.45, 7) is -0.318. The van der Waals surface area contributed by atoms with Crippen LogP contribution < -0.4 is 0 Å². The van der Waals surface area contributed by atoms with E-state index >= 15 is 0 Å². The van der Waals surface area contributed by atoms with Gasteiger partial charge in [-0.25, -0.2) is 13.8 Å². The lowest BCUT2D eigenvalue weighted by atomic mass is 10.0. The molecule has 1 fully saturated rings. The molecule has 20 heavy (non-hydrogen) atoms. The van der Waals surface area contributed by atoms with E-state index in [4.69, 9.17) is 17.0 Å². The van der Waals surface area contributed by atoms with E-state index in [1.807, 2.05) is 0 Å². The Labute approximate surface area is 130 Å². The molecule has 1 aromatic rings. The van der Waals surface area contributed by atoms with Crippen molar-refractivity contribution in [3.63, 3.8) is 0 Å². The molecule has 1 aliphatic carbocycles. The van der Waals surface area contributed by atoms with Gasteiger partial charge in [0.1, 0.15) is 17.1 Å². The highest BCUT2D eigenvalue weighted by Crippen LogP contribution is 2.36. The van der Waals surface area contributed by atoms with Crippen molar-refractivity contribution in [1.82, 2.24) is 9.97 Å². The van der Waals surface area contributed by atoms with Gasteiger partial charge in [-0.2, -0.15) is 0 Å². The van der Waals surface area contributed by atoms with Gasteiger partial charge in [0.15, 0.2) is 0 Å². The van der Waals surface area contributed by atoms with Gasteiger partial charge in [0, 0.05) is 18.0 Å². The Morgan fingerprint density at radius 2 is 2.10 bits per heavy atom. The van der Waals surface area contributed by atoms with Crippen molar-refractivity contribution in [3.8, 4) is 0 Å². The molecule has 3 nitrogen and oxygen atoms in total. The number of alkyl halides is 2. The first-order valence-corrected chi connectivity index (χ1v) is 7.92. The number of aromatic amines is 1. The van der Waals surface area contributed by atoms with Crippen molar-refractivity contribution in [2.45, 2.75) is 44.4 Å². The average molecular weight is 367 g/mol. The fourth-order valence-electron chi connectivity index (χ4n) is 2.48. The molecule has 0 unspecified atom stereocenters. The first kappa shape index (κ1) is 16.0. The van der Waals surface area contributed by atoms with Crippen LogP contribution in [0.25, 0.3) is 0 Å². The Morgan fingerprint density at radius 1 is 1.40 bits per heavy atom. The third-order valence-corrected chi connectivity index (χ3v) is 4.79. The summed E-state index contributed by atoms with van der Waals surface area (Å²) in [6, 6.07) is 0. The van der Waals surface area contributed by atoms with Crippen LogP contribution in [-0.2, 0) is 11.2 Å². The molecule has 1 aromatic heterocycles. The number of nitrogens with zero attached hydrogens (tertiary/aromatic N) is 1. The Hall–Kier alpha value is -0.400. The van der Waals surface area contributed by atoms with Crippen LogP contribution in [0.3, 0.4) is 0 Å². The van der Waals surface area contributed by atoms with Crippen LogP contribution in [0.5, 0.6) is 0 Å². The summed E-state index contributed by atoms with van der Waals surface area (Å²) >= 11 is 8.74. The molecule has 0 saturated heterocycles. The molecule has 7 heteroatoms. The third kappa shape index (κ3) is 4.30. The predicted octanol–water partition coefficient (Wildman–Crippen LogP) is 4.38. The molecule has 0 atom stereocenters. The Morgan fingerprint density at radius 3 is 2.75 bits per heavy atom. The quantitative estimate of drug-likeness (QED) is 0.599. The van der Waals surface area contributed by atoms with E-state index in [1.165, 1.54) is 12.8 Å². The van der Waals surface area contributed by atoms with Crippen LogP contribution >= 0.6 is 28.1 Å². The van der Waals surface area contributed by atoms with Crippen molar-refractivity contribution >= 4 is 28.1 Å². The summed E-state index contributed by atoms with van der Waals surface area (Å²) in [5.41, 5.74) is 1.09. The second-order valence-electron chi connectivity index (χ2n) is 4.91. The van der Waals surface area contributed by atoms with Crippen molar-refractivity contribution in [2.75, 3.05) is 13.2 Å². The standard InChI is InChI=1S/C13H17BrF2N2OS/c14-11-12(8-3-1-2-4-8)17-10(18-13(11)20)5-6-19-7-9(15)16/h8-9H,1-7H2,(H,17,18,20). The van der Waals surface area contributed by atoms with Crippen molar-refractivity contribution in [3.05, 3.63) is 20.6 Å². The predicted molar refractivity (Wildman–Crippen MR) is 78.9 cm³/mol. The lowest BCUT2D eigenvalue weighted by Gasteiger charge is -2.14. The minimum absolute atomic E-state index is 0.217. The Bertz CT molecular complexity index is 504. The molecule has 1 heterocycles. The molecule has 1 N–H and O–H groups in total. The van der Waals surface area contributed by atoms with E-state index in [1.54, 1.807) is 0 Å². The lowest BCUT2D eigenvalue weighted by molar-refractivity contribution is 0.0182. The number of rotatable bonds is 6. The second kappa shape index (κ2) is 7.56. The monoisotopic (exact) mass is 366 g/mol. The molecule has 0 aromatic carbocycles. The van der Waals surface area contributed by atoms with Crippen LogP contribution in [-0.4, -0.2) is 29.6 Å². The van der Waals surface area contributed by atoms with Crippen LogP contribution in [0.2, 0.25) is 0 Å². The summed E-state index contributed by atoms with van der Waals surface area (Å²) in [7, 11) is 0. The smallest absolute Gasteiger partial charge is 0.261 e. The number of halogens is 3. The van der Waals surface area contributed by atoms with Crippen molar-refractivity contribution in [1.29, 1.82) is 0 Å². The van der Waals surface area contributed by atoms with Crippen molar-refractivity contribution in [2.24, 2.45) is 0 Å². The SMILES string of the molecule is FC(F)COCCc1nc(=S)c(Br)c(C2CCCC2)[nH]1. The van der Waals surface area contributed by atoms with Gasteiger partial charge in [-0.05, 0) is 28.8 Å². The third-order valence-electron chi connectivity index (χ3n) is 3.43. The largest absolute Gasteiger partial charge is 0.375 e. The first-order valence-electron chi connectivity index (χ1n) is 6.72. The molecular weight excluding hydrogens is 350 g/mol. The van der Waals surface area contributed by atoms with Gasteiger partial charge in [-0.15, -0.1) is 0 Å². The Kier molecular flexibility index (Phi) is 6.04. The van der Waals surface area contributed by atoms with E-state index in [9.17, 15) is 8.78 Å². The normalized spacial score (nSPS) is 16.2. The van der Waals surface area contributed by atoms with Gasteiger partial charge in [0.05, 0.1) is 11.1 Å². The summed E-state index contributed by atoms with van der Waals surface area (Å²) in [6.07, 6.45) is 2.79. The molecule has 0 radical (unpaired) electrons. The van der Waals surface area contributed by atoms with Gasteiger partial charge in [0.25, 0.3) is 6.43 Å². The average Bonchev–Trinajstić information content (AvgIpc) is 2.92. The van der Waals surface area contributed by atoms with Crippen LogP contribution in [0.4, 0.5) is 8.78 Å². The van der Waals surface area contributed by atoms with E-state index in [-0.39, 0.29) is 6.61 Å². The molecule has 1 aliphatic rings. The van der Waals surface area contributed by atoms with Gasteiger partial charge in [0.2, 0.25) is 0 Å². The summed E-state index contributed by atoms with van der Waals surface area (Å²) in [4.78, 5) is 7.56. The van der Waals surface area contributed by atoms with Gasteiger partial charge >= 0.3 is 0 Å². The number of nitrogens with one attached hydrogen (secondary N) is 1. The molecular formula is C13H17BrF2N2OS. The van der Waals surface area contributed by atoms with Gasteiger partial charge in [-0.1, -0.05) is 25.1 Å². The molecule has 0 spiro atoms.